The summed E-state index contributed by atoms with van der Waals surface area (Å²) in [5.41, 5.74) is 5.75. The molecule has 0 atom stereocenters. The fraction of sp³-hybridized carbons (Fsp3) is 0.217. The van der Waals surface area contributed by atoms with Crippen LogP contribution in [0.2, 0.25) is 0 Å². The van der Waals surface area contributed by atoms with Gasteiger partial charge in [0, 0.05) is 36.6 Å². The third-order valence-corrected chi connectivity index (χ3v) is 5.98. The number of rotatable bonds is 7. The Balaban J connectivity index is 1.34. The summed E-state index contributed by atoms with van der Waals surface area (Å²) in [6.45, 7) is 3.59. The van der Waals surface area contributed by atoms with Gasteiger partial charge in [0.2, 0.25) is 16.8 Å². The number of morpholine rings is 1. The third-order valence-electron chi connectivity index (χ3n) is 5.56. The van der Waals surface area contributed by atoms with Crippen LogP contribution in [0.15, 0.2) is 66.9 Å². The molecule has 0 radical (unpaired) electrons. The number of anilines is 3. The number of thiol groups is 1. The van der Waals surface area contributed by atoms with E-state index >= 15 is 0 Å². The minimum Gasteiger partial charge on any atom is -0.378 e. The summed E-state index contributed by atoms with van der Waals surface area (Å²) in [5.74, 6) is 0.499. The van der Waals surface area contributed by atoms with Crippen molar-refractivity contribution in [2.45, 2.75) is 6.54 Å². The number of nitrogens with zero attached hydrogens (tertiary/aromatic N) is 4. The molecule has 3 heterocycles. The lowest BCUT2D eigenvalue weighted by Gasteiger charge is -2.28. The fourth-order valence-electron chi connectivity index (χ4n) is 3.83. The topological polar surface area (TPSA) is 101 Å². The molecule has 170 valence electrons. The molecule has 4 aromatic rings. The highest BCUT2D eigenvalue weighted by molar-refractivity contribution is 7.70. The molecule has 9 nitrogen and oxygen atoms in total. The molecule has 1 aliphatic rings. The van der Waals surface area contributed by atoms with Crippen LogP contribution in [0.4, 0.5) is 17.3 Å². The Hall–Kier alpha value is -3.47. The first-order valence-electron chi connectivity index (χ1n) is 10.7. The molecule has 0 amide bonds. The van der Waals surface area contributed by atoms with Gasteiger partial charge >= 0.3 is 0 Å². The van der Waals surface area contributed by atoms with E-state index in [1.54, 1.807) is 6.20 Å². The largest absolute Gasteiger partial charge is 0.378 e. The van der Waals surface area contributed by atoms with Gasteiger partial charge in [-0.25, -0.2) is 22.6 Å². The number of aromatic nitrogens is 3. The molecule has 0 aliphatic carbocycles. The molecule has 33 heavy (non-hydrogen) atoms. The van der Waals surface area contributed by atoms with Crippen molar-refractivity contribution in [3.63, 3.8) is 0 Å². The molecule has 5 rings (SSSR count). The van der Waals surface area contributed by atoms with Crippen LogP contribution in [0, 0.1) is 0 Å². The minimum absolute atomic E-state index is 0.272. The van der Waals surface area contributed by atoms with Crippen molar-refractivity contribution < 1.29 is 13.2 Å². The van der Waals surface area contributed by atoms with E-state index in [0.29, 0.717) is 5.95 Å². The normalized spacial score (nSPS) is 14.2. The highest BCUT2D eigenvalue weighted by Crippen LogP contribution is 2.24. The number of fused-ring (bicyclic) bond motifs is 1. The predicted molar refractivity (Wildman–Crippen MR) is 128 cm³/mol. The molecule has 2 aromatic carbocycles. The summed E-state index contributed by atoms with van der Waals surface area (Å²) in [4.78, 5) is 6.75. The number of nitrogens with one attached hydrogen (secondary N) is 2. The van der Waals surface area contributed by atoms with Gasteiger partial charge in [0.05, 0.1) is 30.6 Å². The maximum atomic E-state index is 10.7. The lowest BCUT2D eigenvalue weighted by atomic mass is 10.1. The van der Waals surface area contributed by atoms with Crippen molar-refractivity contribution in [2.24, 2.45) is 0 Å². The number of hydrogen-bond donors (Lipinski definition) is 3. The van der Waals surface area contributed by atoms with Gasteiger partial charge in [-0.05, 0) is 42.0 Å². The molecule has 1 aliphatic heterocycles. The highest BCUT2D eigenvalue weighted by Gasteiger charge is 2.12. The van der Waals surface area contributed by atoms with Gasteiger partial charge in [0.1, 0.15) is 0 Å². The third kappa shape index (κ3) is 4.98. The second kappa shape index (κ2) is 9.57. The second-order valence-electron chi connectivity index (χ2n) is 7.70. The van der Waals surface area contributed by atoms with Crippen LogP contribution in [0.5, 0.6) is 0 Å². The summed E-state index contributed by atoms with van der Waals surface area (Å²) in [6, 6.07) is 19.9. The zero-order chi connectivity index (χ0) is 22.6. The first-order chi connectivity index (χ1) is 16.2. The lowest BCUT2D eigenvalue weighted by molar-refractivity contribution is 0.122. The maximum absolute atomic E-state index is 10.7. The van der Waals surface area contributed by atoms with Gasteiger partial charge in [-0.2, -0.15) is 0 Å². The Bertz CT molecular complexity index is 1300. The van der Waals surface area contributed by atoms with Crippen molar-refractivity contribution in [3.8, 4) is 11.3 Å². The summed E-state index contributed by atoms with van der Waals surface area (Å²) in [7, 11) is -2.61. The standard InChI is InChI=1S/C23H24N6O3S/c30-33(31)25-15-17-1-3-18(4-2-17)22-10-9-21-16-24-23(27-29(21)22)26-19-5-7-20(8-6-19)28-11-13-32-14-12-28/h1-10,16,33H,11-15H2,(H,26,27)(H,25,30,31). The van der Waals surface area contributed by atoms with Crippen LogP contribution in [-0.4, -0.2) is 49.3 Å². The van der Waals surface area contributed by atoms with Crippen LogP contribution >= 0.6 is 0 Å². The molecule has 0 bridgehead atoms. The molecular weight excluding hydrogens is 440 g/mol. The SMILES string of the molecule is O=[SH](=O)NCc1ccc(-c2ccc3cnc(Nc4ccc(N5CCOCC5)cc4)nn23)cc1. The molecule has 2 aromatic heterocycles. The van der Waals surface area contributed by atoms with Gasteiger partial charge in [-0.1, -0.05) is 24.3 Å². The van der Waals surface area contributed by atoms with Gasteiger partial charge in [-0.3, -0.25) is 0 Å². The second-order valence-corrected chi connectivity index (χ2v) is 8.53. The van der Waals surface area contributed by atoms with E-state index in [-0.39, 0.29) is 6.54 Å². The van der Waals surface area contributed by atoms with E-state index in [9.17, 15) is 8.42 Å². The molecule has 1 saturated heterocycles. The summed E-state index contributed by atoms with van der Waals surface area (Å²) < 4.78 is 31.1. The average Bonchev–Trinajstić information content (AvgIpc) is 3.27. The summed E-state index contributed by atoms with van der Waals surface area (Å²) >= 11 is 0. The van der Waals surface area contributed by atoms with Crippen LogP contribution in [0.3, 0.4) is 0 Å². The van der Waals surface area contributed by atoms with Crippen LogP contribution < -0.4 is 14.9 Å². The molecule has 1 fully saturated rings. The Kier molecular flexibility index (Phi) is 6.20. The van der Waals surface area contributed by atoms with Crippen molar-refractivity contribution >= 4 is 33.7 Å². The average molecular weight is 465 g/mol. The van der Waals surface area contributed by atoms with Gasteiger partial charge in [0.25, 0.3) is 0 Å². The van der Waals surface area contributed by atoms with Crippen LogP contribution in [-0.2, 0) is 22.2 Å². The van der Waals surface area contributed by atoms with Gasteiger partial charge < -0.3 is 15.0 Å². The molecule has 0 spiro atoms. The van der Waals surface area contributed by atoms with Gasteiger partial charge in [0.15, 0.2) is 0 Å². The molecular formula is C23H24N6O3S. The molecule has 10 heteroatoms. The maximum Gasteiger partial charge on any atom is 0.245 e. The minimum atomic E-state index is -2.61. The van der Waals surface area contributed by atoms with Crippen molar-refractivity contribution in [3.05, 3.63) is 72.4 Å². The molecule has 0 saturated carbocycles. The highest BCUT2D eigenvalue weighted by atomic mass is 32.2. The number of ether oxygens (including phenoxy) is 1. The monoisotopic (exact) mass is 464 g/mol. The molecule has 2 N–H and O–H groups in total. The Morgan fingerprint density at radius 1 is 0.939 bits per heavy atom. The summed E-state index contributed by atoms with van der Waals surface area (Å²) in [6.07, 6.45) is 1.78. The first kappa shape index (κ1) is 21.4. The van der Waals surface area contributed by atoms with E-state index in [1.807, 2.05) is 53.0 Å². The van der Waals surface area contributed by atoms with E-state index in [0.717, 1.165) is 54.3 Å². The van der Waals surface area contributed by atoms with Crippen LogP contribution in [0.1, 0.15) is 5.56 Å². The summed E-state index contributed by atoms with van der Waals surface area (Å²) in [5, 5.41) is 7.96. The first-order valence-corrected chi connectivity index (χ1v) is 11.9. The smallest absolute Gasteiger partial charge is 0.245 e. The number of hydrogen-bond acceptors (Lipinski definition) is 7. The quantitative estimate of drug-likeness (QED) is 0.362. The Morgan fingerprint density at radius 3 is 2.42 bits per heavy atom. The Morgan fingerprint density at radius 2 is 1.70 bits per heavy atom. The Labute approximate surface area is 193 Å². The van der Waals surface area contributed by atoms with Crippen LogP contribution in [0.25, 0.3) is 16.8 Å². The van der Waals surface area contributed by atoms with Crippen molar-refractivity contribution in [2.75, 3.05) is 36.5 Å². The zero-order valence-electron chi connectivity index (χ0n) is 17.8. The lowest BCUT2D eigenvalue weighted by Crippen LogP contribution is -2.36. The van der Waals surface area contributed by atoms with Crippen molar-refractivity contribution in [1.82, 2.24) is 19.3 Å². The van der Waals surface area contributed by atoms with E-state index < -0.39 is 10.9 Å². The predicted octanol–water partition coefficient (Wildman–Crippen LogP) is 2.59. The fourth-order valence-corrected chi connectivity index (χ4v) is 4.14. The van der Waals surface area contributed by atoms with E-state index in [4.69, 9.17) is 4.74 Å². The van der Waals surface area contributed by atoms with E-state index in [1.165, 1.54) is 5.69 Å². The van der Waals surface area contributed by atoms with Gasteiger partial charge in [-0.15, -0.1) is 5.10 Å². The number of benzene rings is 2. The zero-order valence-corrected chi connectivity index (χ0v) is 18.7. The van der Waals surface area contributed by atoms with Crippen molar-refractivity contribution in [1.29, 1.82) is 0 Å². The van der Waals surface area contributed by atoms with E-state index in [2.05, 4.69) is 37.2 Å². The molecule has 0 unspecified atom stereocenters.